The Kier molecular flexibility index (Phi) is 3.10. The smallest absolute Gasteiger partial charge is 0.253 e. The highest BCUT2D eigenvalue weighted by Gasteiger charge is 2.24. The summed E-state index contributed by atoms with van der Waals surface area (Å²) in [5.41, 5.74) is 1.94. The maximum absolute atomic E-state index is 12.0. The molecule has 0 saturated carbocycles. The number of hydrogen-bond donors (Lipinski definition) is 0. The first kappa shape index (κ1) is 10.7. The highest BCUT2D eigenvalue weighted by molar-refractivity contribution is 9.09. The Labute approximate surface area is 98.4 Å². The molecule has 80 valence electrons. The van der Waals surface area contributed by atoms with Gasteiger partial charge in [0.05, 0.1) is 0 Å². The van der Waals surface area contributed by atoms with E-state index in [1.165, 1.54) is 0 Å². The molecule has 0 aromatic heterocycles. The average molecular weight is 268 g/mol. The van der Waals surface area contributed by atoms with Gasteiger partial charge in [0.25, 0.3) is 5.91 Å². The van der Waals surface area contributed by atoms with Crippen molar-refractivity contribution in [2.45, 2.75) is 18.2 Å². The molecule has 0 bridgehead atoms. The number of alkyl halides is 1. The maximum Gasteiger partial charge on any atom is 0.253 e. The van der Waals surface area contributed by atoms with E-state index in [9.17, 15) is 4.79 Å². The molecule has 1 aromatic carbocycles. The van der Waals surface area contributed by atoms with Gasteiger partial charge in [-0.15, -0.1) is 0 Å². The van der Waals surface area contributed by atoms with Crippen LogP contribution in [-0.2, 0) is 0 Å². The summed E-state index contributed by atoms with van der Waals surface area (Å²) < 4.78 is 0. The first-order valence-corrected chi connectivity index (χ1v) is 6.08. The molecule has 1 unspecified atom stereocenters. The van der Waals surface area contributed by atoms with Gasteiger partial charge >= 0.3 is 0 Å². The molecule has 15 heavy (non-hydrogen) atoms. The second-order valence-corrected chi connectivity index (χ2v) is 5.30. The standard InChI is InChI=1S/C12H14BrNO/c1-9-3-2-4-10(7-9)12(15)14-6-5-11(13)8-14/h2-4,7,11H,5-6,8H2,1H3. The van der Waals surface area contributed by atoms with Gasteiger partial charge in [-0.05, 0) is 25.5 Å². The van der Waals surface area contributed by atoms with Crippen LogP contribution in [0, 0.1) is 6.92 Å². The molecule has 0 aliphatic carbocycles. The topological polar surface area (TPSA) is 20.3 Å². The number of likely N-dealkylation sites (tertiary alicyclic amines) is 1. The van der Waals surface area contributed by atoms with E-state index in [2.05, 4.69) is 15.9 Å². The van der Waals surface area contributed by atoms with Crippen molar-refractivity contribution in [3.63, 3.8) is 0 Å². The summed E-state index contributed by atoms with van der Waals surface area (Å²) in [6.45, 7) is 3.70. The van der Waals surface area contributed by atoms with Crippen LogP contribution >= 0.6 is 15.9 Å². The third-order valence-electron chi connectivity index (χ3n) is 2.68. The van der Waals surface area contributed by atoms with Crippen LogP contribution in [0.1, 0.15) is 22.3 Å². The lowest BCUT2D eigenvalue weighted by Crippen LogP contribution is -2.28. The van der Waals surface area contributed by atoms with Crippen molar-refractivity contribution in [1.29, 1.82) is 0 Å². The molecule has 1 aliphatic heterocycles. The Balaban J connectivity index is 2.14. The summed E-state index contributed by atoms with van der Waals surface area (Å²) >= 11 is 3.54. The minimum Gasteiger partial charge on any atom is -0.337 e. The monoisotopic (exact) mass is 267 g/mol. The number of carbonyl (C=O) groups is 1. The number of aryl methyl sites for hydroxylation is 1. The number of nitrogens with zero attached hydrogens (tertiary/aromatic N) is 1. The minimum atomic E-state index is 0.153. The first-order chi connectivity index (χ1) is 7.16. The van der Waals surface area contributed by atoms with E-state index in [-0.39, 0.29) is 5.91 Å². The zero-order valence-electron chi connectivity index (χ0n) is 8.74. The number of benzene rings is 1. The molecule has 3 heteroatoms. The van der Waals surface area contributed by atoms with E-state index in [0.717, 1.165) is 30.6 Å². The first-order valence-electron chi connectivity index (χ1n) is 5.17. The molecular weight excluding hydrogens is 254 g/mol. The number of carbonyl (C=O) groups excluding carboxylic acids is 1. The molecule has 1 saturated heterocycles. The summed E-state index contributed by atoms with van der Waals surface area (Å²) in [6, 6.07) is 7.78. The van der Waals surface area contributed by atoms with E-state index in [1.54, 1.807) is 0 Å². The predicted octanol–water partition coefficient (Wildman–Crippen LogP) is 2.60. The second-order valence-electron chi connectivity index (χ2n) is 4.01. The molecule has 1 aliphatic rings. The van der Waals surface area contributed by atoms with Crippen LogP contribution in [0.3, 0.4) is 0 Å². The molecule has 1 heterocycles. The van der Waals surface area contributed by atoms with Gasteiger partial charge in [0.2, 0.25) is 0 Å². The highest BCUT2D eigenvalue weighted by atomic mass is 79.9. The van der Waals surface area contributed by atoms with Crippen molar-refractivity contribution in [3.8, 4) is 0 Å². The Morgan fingerprint density at radius 3 is 2.93 bits per heavy atom. The number of amides is 1. The molecule has 0 radical (unpaired) electrons. The molecule has 1 amide bonds. The number of halogens is 1. The zero-order valence-corrected chi connectivity index (χ0v) is 10.3. The summed E-state index contributed by atoms with van der Waals surface area (Å²) in [5, 5.41) is 0. The van der Waals surface area contributed by atoms with Crippen molar-refractivity contribution in [3.05, 3.63) is 35.4 Å². The zero-order chi connectivity index (χ0) is 10.8. The van der Waals surface area contributed by atoms with Crippen LogP contribution in [0.25, 0.3) is 0 Å². The predicted molar refractivity (Wildman–Crippen MR) is 64.4 cm³/mol. The summed E-state index contributed by atoms with van der Waals surface area (Å²) in [7, 11) is 0. The van der Waals surface area contributed by atoms with Gasteiger partial charge in [-0.2, -0.15) is 0 Å². The number of hydrogen-bond acceptors (Lipinski definition) is 1. The largest absolute Gasteiger partial charge is 0.337 e. The SMILES string of the molecule is Cc1cccc(C(=O)N2CCC(Br)C2)c1. The van der Waals surface area contributed by atoms with E-state index in [0.29, 0.717) is 4.83 Å². The van der Waals surface area contributed by atoms with Gasteiger partial charge in [-0.3, -0.25) is 4.79 Å². The van der Waals surface area contributed by atoms with E-state index < -0.39 is 0 Å². The van der Waals surface area contributed by atoms with Crippen molar-refractivity contribution < 1.29 is 4.79 Å². The lowest BCUT2D eigenvalue weighted by molar-refractivity contribution is 0.0793. The van der Waals surface area contributed by atoms with Crippen LogP contribution in [0.4, 0.5) is 0 Å². The molecule has 2 nitrogen and oxygen atoms in total. The maximum atomic E-state index is 12.0. The average Bonchev–Trinajstić information content (AvgIpc) is 2.64. The van der Waals surface area contributed by atoms with Crippen molar-refractivity contribution in [2.75, 3.05) is 13.1 Å². The molecule has 0 spiro atoms. The van der Waals surface area contributed by atoms with Crippen molar-refractivity contribution in [1.82, 2.24) is 4.90 Å². The third kappa shape index (κ3) is 2.40. The third-order valence-corrected chi connectivity index (χ3v) is 3.43. The molecule has 1 fully saturated rings. The van der Waals surface area contributed by atoms with E-state index in [1.807, 2.05) is 36.1 Å². The summed E-state index contributed by atoms with van der Waals surface area (Å²) in [6.07, 6.45) is 1.05. The van der Waals surface area contributed by atoms with Crippen molar-refractivity contribution >= 4 is 21.8 Å². The van der Waals surface area contributed by atoms with Crippen LogP contribution in [0.15, 0.2) is 24.3 Å². The quantitative estimate of drug-likeness (QED) is 0.717. The minimum absolute atomic E-state index is 0.153. The van der Waals surface area contributed by atoms with E-state index in [4.69, 9.17) is 0 Å². The molecule has 0 N–H and O–H groups in total. The van der Waals surface area contributed by atoms with Gasteiger partial charge in [0, 0.05) is 23.5 Å². The van der Waals surface area contributed by atoms with Crippen LogP contribution in [-0.4, -0.2) is 28.7 Å². The fourth-order valence-electron chi connectivity index (χ4n) is 1.86. The fourth-order valence-corrected chi connectivity index (χ4v) is 2.42. The molecular formula is C12H14BrNO. The highest BCUT2D eigenvalue weighted by Crippen LogP contribution is 2.19. The lowest BCUT2D eigenvalue weighted by atomic mass is 10.1. The fraction of sp³-hybridized carbons (Fsp3) is 0.417. The Morgan fingerprint density at radius 2 is 2.33 bits per heavy atom. The Bertz CT molecular complexity index is 378. The Hall–Kier alpha value is -0.830. The molecule has 2 rings (SSSR count). The van der Waals surface area contributed by atoms with Crippen LogP contribution < -0.4 is 0 Å². The van der Waals surface area contributed by atoms with Gasteiger partial charge in [-0.25, -0.2) is 0 Å². The van der Waals surface area contributed by atoms with E-state index >= 15 is 0 Å². The van der Waals surface area contributed by atoms with Crippen molar-refractivity contribution in [2.24, 2.45) is 0 Å². The second kappa shape index (κ2) is 4.35. The summed E-state index contributed by atoms with van der Waals surface area (Å²) in [5.74, 6) is 0.153. The van der Waals surface area contributed by atoms with Gasteiger partial charge in [0.1, 0.15) is 0 Å². The normalized spacial score (nSPS) is 20.7. The van der Waals surface area contributed by atoms with Gasteiger partial charge < -0.3 is 4.90 Å². The number of rotatable bonds is 1. The molecule has 1 atom stereocenters. The van der Waals surface area contributed by atoms with Gasteiger partial charge in [-0.1, -0.05) is 33.6 Å². The Morgan fingerprint density at radius 1 is 1.53 bits per heavy atom. The van der Waals surface area contributed by atoms with Gasteiger partial charge in [0.15, 0.2) is 0 Å². The lowest BCUT2D eigenvalue weighted by Gasteiger charge is -2.15. The van der Waals surface area contributed by atoms with Crippen LogP contribution in [0.5, 0.6) is 0 Å². The molecule has 1 aromatic rings. The summed E-state index contributed by atoms with van der Waals surface area (Å²) in [4.78, 5) is 14.4. The van der Waals surface area contributed by atoms with Crippen LogP contribution in [0.2, 0.25) is 0 Å².